The minimum atomic E-state index is -0.396. The van der Waals surface area contributed by atoms with Crippen LogP contribution in [0.4, 0.5) is 5.69 Å². The lowest BCUT2D eigenvalue weighted by molar-refractivity contribution is 0.0526. The first-order valence-corrected chi connectivity index (χ1v) is 8.94. The van der Waals surface area contributed by atoms with Gasteiger partial charge >= 0.3 is 5.97 Å². The van der Waals surface area contributed by atoms with Gasteiger partial charge in [-0.15, -0.1) is 11.8 Å². The summed E-state index contributed by atoms with van der Waals surface area (Å²) in [4.78, 5) is 25.3. The number of rotatable bonds is 7. The maximum absolute atomic E-state index is 12.6. The molecule has 1 N–H and O–H groups in total. The lowest BCUT2D eigenvalue weighted by Gasteiger charge is -2.10. The molecule has 0 aliphatic carbocycles. The van der Waals surface area contributed by atoms with Crippen molar-refractivity contribution in [3.8, 4) is 0 Å². The molecule has 0 saturated heterocycles. The second-order valence-corrected chi connectivity index (χ2v) is 6.24. The summed E-state index contributed by atoms with van der Waals surface area (Å²) >= 11 is 1.67. The van der Waals surface area contributed by atoms with Crippen LogP contribution in [0.2, 0.25) is 0 Å². The number of hydrogen-bond acceptors (Lipinski definition) is 4. The van der Waals surface area contributed by atoms with Gasteiger partial charge in [-0.1, -0.05) is 25.1 Å². The van der Waals surface area contributed by atoms with E-state index in [1.807, 2.05) is 24.3 Å². The summed E-state index contributed by atoms with van der Waals surface area (Å²) in [6, 6.07) is 14.3. The molecule has 126 valence electrons. The Kier molecular flexibility index (Phi) is 6.88. The monoisotopic (exact) mass is 343 g/mol. The Hall–Kier alpha value is -2.27. The lowest BCUT2D eigenvalue weighted by Crippen LogP contribution is -2.14. The topological polar surface area (TPSA) is 55.4 Å². The molecule has 0 atom stereocenters. The summed E-state index contributed by atoms with van der Waals surface area (Å²) in [6.45, 7) is 4.18. The number of hydrogen-bond donors (Lipinski definition) is 1. The summed E-state index contributed by atoms with van der Waals surface area (Å²) in [5.41, 5.74) is 1.63. The number of carbonyl (C=O) groups is 2. The molecule has 0 aliphatic heterocycles. The zero-order valence-electron chi connectivity index (χ0n) is 13.9. The van der Waals surface area contributed by atoms with E-state index in [4.69, 9.17) is 4.74 Å². The van der Waals surface area contributed by atoms with Crippen molar-refractivity contribution in [2.75, 3.05) is 17.7 Å². The van der Waals surface area contributed by atoms with Crippen molar-refractivity contribution < 1.29 is 14.3 Å². The summed E-state index contributed by atoms with van der Waals surface area (Å²) in [6.07, 6.45) is 1.04. The first-order valence-electron chi connectivity index (χ1n) is 7.96. The number of ether oxygens (including phenoxy) is 1. The van der Waals surface area contributed by atoms with Crippen LogP contribution in [0.1, 0.15) is 41.0 Å². The maximum atomic E-state index is 12.6. The van der Waals surface area contributed by atoms with E-state index >= 15 is 0 Å². The van der Waals surface area contributed by atoms with Gasteiger partial charge in [0.1, 0.15) is 0 Å². The molecule has 0 spiro atoms. The van der Waals surface area contributed by atoms with Crippen molar-refractivity contribution in [2.24, 2.45) is 0 Å². The lowest BCUT2D eigenvalue weighted by atomic mass is 10.1. The molecule has 5 heteroatoms. The Morgan fingerprint density at radius 2 is 1.88 bits per heavy atom. The van der Waals surface area contributed by atoms with E-state index in [1.54, 1.807) is 43.0 Å². The average Bonchev–Trinajstić information content (AvgIpc) is 2.60. The van der Waals surface area contributed by atoms with E-state index in [9.17, 15) is 9.59 Å². The molecule has 0 saturated carbocycles. The van der Waals surface area contributed by atoms with Crippen LogP contribution in [0.3, 0.4) is 0 Å². The fourth-order valence-electron chi connectivity index (χ4n) is 2.13. The Morgan fingerprint density at radius 3 is 2.62 bits per heavy atom. The van der Waals surface area contributed by atoms with Crippen molar-refractivity contribution in [3.05, 3.63) is 59.7 Å². The van der Waals surface area contributed by atoms with Crippen LogP contribution in [0.15, 0.2) is 53.4 Å². The van der Waals surface area contributed by atoms with E-state index < -0.39 is 5.97 Å². The summed E-state index contributed by atoms with van der Waals surface area (Å²) in [5.74, 6) is 0.380. The normalized spacial score (nSPS) is 10.2. The van der Waals surface area contributed by atoms with Crippen molar-refractivity contribution in [3.63, 3.8) is 0 Å². The van der Waals surface area contributed by atoms with Gasteiger partial charge in [0.2, 0.25) is 0 Å². The van der Waals surface area contributed by atoms with E-state index in [0.717, 1.165) is 17.1 Å². The second kappa shape index (κ2) is 9.13. The Balaban J connectivity index is 2.15. The number of carbonyl (C=O) groups excluding carboxylic acids is 2. The van der Waals surface area contributed by atoms with Crippen LogP contribution in [-0.2, 0) is 4.74 Å². The fourth-order valence-corrected chi connectivity index (χ4v) is 3.04. The predicted molar refractivity (Wildman–Crippen MR) is 97.8 cm³/mol. The quantitative estimate of drug-likeness (QED) is 0.589. The molecule has 4 nitrogen and oxygen atoms in total. The van der Waals surface area contributed by atoms with Gasteiger partial charge in [-0.05, 0) is 49.4 Å². The van der Waals surface area contributed by atoms with Gasteiger partial charge in [-0.3, -0.25) is 4.79 Å². The predicted octanol–water partition coefficient (Wildman–Crippen LogP) is 4.62. The van der Waals surface area contributed by atoms with E-state index in [0.29, 0.717) is 23.4 Å². The van der Waals surface area contributed by atoms with Gasteiger partial charge in [0.25, 0.3) is 5.91 Å². The van der Waals surface area contributed by atoms with Crippen LogP contribution >= 0.6 is 11.8 Å². The molecule has 0 aromatic heterocycles. The Labute approximate surface area is 146 Å². The SMILES string of the molecule is CCCSc1ccccc1C(=O)Nc1cccc(C(=O)OCC)c1. The minimum absolute atomic E-state index is 0.185. The van der Waals surface area contributed by atoms with Gasteiger partial charge in [-0.2, -0.15) is 0 Å². The Bertz CT molecular complexity index is 715. The van der Waals surface area contributed by atoms with E-state index in [2.05, 4.69) is 12.2 Å². The molecule has 0 bridgehead atoms. The first-order chi connectivity index (χ1) is 11.7. The van der Waals surface area contributed by atoms with Crippen LogP contribution < -0.4 is 5.32 Å². The molecule has 0 unspecified atom stereocenters. The Morgan fingerprint density at radius 1 is 1.08 bits per heavy atom. The molecule has 2 aromatic carbocycles. The second-order valence-electron chi connectivity index (χ2n) is 5.10. The van der Waals surface area contributed by atoms with Gasteiger partial charge in [-0.25, -0.2) is 4.79 Å². The van der Waals surface area contributed by atoms with Crippen LogP contribution in [0.25, 0.3) is 0 Å². The van der Waals surface area contributed by atoms with Crippen molar-refractivity contribution in [1.82, 2.24) is 0 Å². The van der Waals surface area contributed by atoms with Crippen molar-refractivity contribution >= 4 is 29.3 Å². The zero-order valence-corrected chi connectivity index (χ0v) is 14.7. The molecule has 2 rings (SSSR count). The van der Waals surface area contributed by atoms with Gasteiger partial charge in [0.15, 0.2) is 0 Å². The first kappa shape index (κ1) is 18.1. The molecular weight excluding hydrogens is 322 g/mol. The third-order valence-corrected chi connectivity index (χ3v) is 4.50. The molecular formula is C19H21NO3S. The maximum Gasteiger partial charge on any atom is 0.338 e. The number of thioether (sulfide) groups is 1. The minimum Gasteiger partial charge on any atom is -0.462 e. The highest BCUT2D eigenvalue weighted by Crippen LogP contribution is 2.24. The molecule has 24 heavy (non-hydrogen) atoms. The number of anilines is 1. The average molecular weight is 343 g/mol. The van der Waals surface area contributed by atoms with Crippen LogP contribution in [0, 0.1) is 0 Å². The number of benzene rings is 2. The largest absolute Gasteiger partial charge is 0.462 e. The molecule has 0 fully saturated rings. The molecule has 0 aliphatic rings. The molecule has 1 amide bonds. The fraction of sp³-hybridized carbons (Fsp3) is 0.263. The highest BCUT2D eigenvalue weighted by molar-refractivity contribution is 7.99. The van der Waals surface area contributed by atoms with Crippen molar-refractivity contribution in [2.45, 2.75) is 25.2 Å². The molecule has 0 heterocycles. The third-order valence-electron chi connectivity index (χ3n) is 3.22. The number of amides is 1. The van der Waals surface area contributed by atoms with Crippen LogP contribution in [0.5, 0.6) is 0 Å². The number of nitrogens with one attached hydrogen (secondary N) is 1. The van der Waals surface area contributed by atoms with Crippen molar-refractivity contribution in [1.29, 1.82) is 0 Å². The van der Waals surface area contributed by atoms with Crippen LogP contribution in [-0.4, -0.2) is 24.2 Å². The summed E-state index contributed by atoms with van der Waals surface area (Å²) < 4.78 is 4.98. The highest BCUT2D eigenvalue weighted by Gasteiger charge is 2.13. The summed E-state index contributed by atoms with van der Waals surface area (Å²) in [7, 11) is 0. The van der Waals surface area contributed by atoms with Gasteiger partial charge in [0.05, 0.1) is 17.7 Å². The smallest absolute Gasteiger partial charge is 0.338 e. The number of esters is 1. The molecule has 0 radical (unpaired) electrons. The van der Waals surface area contributed by atoms with Gasteiger partial charge in [0, 0.05) is 10.6 Å². The molecule has 2 aromatic rings. The highest BCUT2D eigenvalue weighted by atomic mass is 32.2. The standard InChI is InChI=1S/C19H21NO3S/c1-3-12-24-17-11-6-5-10-16(17)18(21)20-15-9-7-8-14(13-15)19(22)23-4-2/h5-11,13H,3-4,12H2,1-2H3,(H,20,21). The van der Waals surface area contributed by atoms with Gasteiger partial charge < -0.3 is 10.1 Å². The van der Waals surface area contributed by atoms with E-state index in [1.165, 1.54) is 0 Å². The summed E-state index contributed by atoms with van der Waals surface area (Å²) in [5, 5.41) is 2.85. The third kappa shape index (κ3) is 4.86. The van der Waals surface area contributed by atoms with E-state index in [-0.39, 0.29) is 5.91 Å². The zero-order chi connectivity index (χ0) is 17.4.